The van der Waals surface area contributed by atoms with E-state index in [0.717, 1.165) is 36.3 Å². The summed E-state index contributed by atoms with van der Waals surface area (Å²) in [6, 6.07) is 14.2. The molecule has 2 aliphatic heterocycles. The van der Waals surface area contributed by atoms with Crippen LogP contribution in [-0.4, -0.2) is 80.2 Å². The molecule has 1 unspecified atom stereocenters. The number of unbranched alkanes of at least 4 members (excludes halogenated alkanes) is 1. The molecule has 41 heavy (non-hydrogen) atoms. The van der Waals surface area contributed by atoms with Crippen molar-refractivity contribution < 1.29 is 23.8 Å². The Morgan fingerprint density at radius 1 is 1.02 bits per heavy atom. The molecule has 0 saturated carbocycles. The van der Waals surface area contributed by atoms with E-state index in [1.165, 1.54) is 6.33 Å². The first kappa shape index (κ1) is 29.6. The van der Waals surface area contributed by atoms with E-state index in [1.54, 1.807) is 19.2 Å². The Labute approximate surface area is 240 Å². The second kappa shape index (κ2) is 14.8. The molecule has 0 spiro atoms. The maximum absolute atomic E-state index is 13.0. The van der Waals surface area contributed by atoms with E-state index in [9.17, 15) is 9.59 Å². The molecule has 0 aliphatic carbocycles. The summed E-state index contributed by atoms with van der Waals surface area (Å²) in [5.74, 6) is 1.73. The number of ether oxygens (including phenoxy) is 3. The summed E-state index contributed by atoms with van der Waals surface area (Å²) in [4.78, 5) is 36.6. The Morgan fingerprint density at radius 2 is 1.85 bits per heavy atom. The summed E-state index contributed by atoms with van der Waals surface area (Å²) in [6.45, 7) is 1.19. The molecule has 11 heteroatoms. The fraction of sp³-hybridized carbons (Fsp3) is 0.400. The quantitative estimate of drug-likeness (QED) is 0.307. The van der Waals surface area contributed by atoms with Crippen LogP contribution in [0.2, 0.25) is 0 Å². The number of carbonyl (C=O) groups is 2. The van der Waals surface area contributed by atoms with E-state index in [4.69, 9.17) is 14.2 Å². The van der Waals surface area contributed by atoms with Gasteiger partial charge in [0.2, 0.25) is 5.91 Å². The van der Waals surface area contributed by atoms with Crippen LogP contribution in [-0.2, 0) is 16.0 Å². The van der Waals surface area contributed by atoms with E-state index in [1.807, 2.05) is 50.5 Å². The zero-order chi connectivity index (χ0) is 29.0. The third kappa shape index (κ3) is 9.35. The van der Waals surface area contributed by atoms with Gasteiger partial charge in [0.15, 0.2) is 18.1 Å². The van der Waals surface area contributed by atoms with Gasteiger partial charge in [-0.05, 0) is 81.9 Å². The predicted octanol–water partition coefficient (Wildman–Crippen LogP) is 2.92. The Hall–Kier alpha value is -4.38. The minimum atomic E-state index is -0.676. The van der Waals surface area contributed by atoms with Crippen molar-refractivity contribution >= 4 is 23.3 Å². The highest BCUT2D eigenvalue weighted by Crippen LogP contribution is 2.29. The lowest BCUT2D eigenvalue weighted by atomic mass is 10.1. The van der Waals surface area contributed by atoms with Crippen molar-refractivity contribution in [3.05, 3.63) is 66.1 Å². The first-order valence-corrected chi connectivity index (χ1v) is 13.7. The van der Waals surface area contributed by atoms with Gasteiger partial charge in [0.05, 0.1) is 19.3 Å². The van der Waals surface area contributed by atoms with Crippen LogP contribution in [0.3, 0.4) is 0 Å². The highest BCUT2D eigenvalue weighted by atomic mass is 16.5. The molecular weight excluding hydrogens is 524 g/mol. The Morgan fingerprint density at radius 3 is 2.63 bits per heavy atom. The standard InChI is InChI=1S/C30H38N6O5/c1-36(2)14-5-4-6-25-30(38)31-13-15-40-27-17-21(7-12-26(27)39-3)16-23-18-28(33-20-32-23)34-22-8-10-24(11-9-22)41-19-29(37)35-25/h7-12,17-18,20,25H,4-6,13-16,19H2,1-3H3,(H,31,38)(H,35,37)(H,32,33,34). The van der Waals surface area contributed by atoms with Crippen molar-refractivity contribution in [2.75, 3.05) is 52.8 Å². The third-order valence-corrected chi connectivity index (χ3v) is 6.49. The number of rotatable bonds is 6. The summed E-state index contributed by atoms with van der Waals surface area (Å²) < 4.78 is 17.1. The van der Waals surface area contributed by atoms with Crippen LogP contribution in [0.5, 0.6) is 17.2 Å². The van der Waals surface area contributed by atoms with E-state index in [0.29, 0.717) is 35.9 Å². The third-order valence-electron chi connectivity index (χ3n) is 6.49. The van der Waals surface area contributed by atoms with Crippen molar-refractivity contribution in [1.29, 1.82) is 0 Å². The number of aromatic nitrogens is 2. The summed E-state index contributed by atoms with van der Waals surface area (Å²) >= 11 is 0. The molecule has 3 heterocycles. The molecule has 0 fully saturated rings. The molecule has 5 rings (SSSR count). The van der Waals surface area contributed by atoms with Crippen molar-refractivity contribution in [3.8, 4) is 17.2 Å². The minimum Gasteiger partial charge on any atom is -0.493 e. The van der Waals surface area contributed by atoms with Crippen LogP contribution < -0.4 is 30.2 Å². The smallest absolute Gasteiger partial charge is 0.258 e. The van der Waals surface area contributed by atoms with E-state index in [2.05, 4.69) is 30.8 Å². The molecule has 3 aromatic rings. The van der Waals surface area contributed by atoms with Crippen molar-refractivity contribution in [1.82, 2.24) is 25.5 Å². The molecule has 11 nitrogen and oxygen atoms in total. The van der Waals surface area contributed by atoms with Crippen LogP contribution in [0.25, 0.3) is 0 Å². The lowest BCUT2D eigenvalue weighted by molar-refractivity contribution is -0.130. The first-order valence-electron chi connectivity index (χ1n) is 13.7. The molecule has 2 aliphatic rings. The van der Waals surface area contributed by atoms with Gasteiger partial charge in [0, 0.05) is 18.2 Å². The number of methoxy groups -OCH3 is 1. The summed E-state index contributed by atoms with van der Waals surface area (Å²) in [6.07, 6.45) is 4.31. The van der Waals surface area contributed by atoms with E-state index >= 15 is 0 Å². The van der Waals surface area contributed by atoms with Gasteiger partial charge in [-0.2, -0.15) is 0 Å². The Bertz CT molecular complexity index is 1300. The van der Waals surface area contributed by atoms with Gasteiger partial charge in [-0.3, -0.25) is 9.59 Å². The number of hydrogen-bond acceptors (Lipinski definition) is 9. The molecular formula is C30H38N6O5. The van der Waals surface area contributed by atoms with Crippen LogP contribution in [0.4, 0.5) is 11.5 Å². The number of nitrogens with one attached hydrogen (secondary N) is 3. The van der Waals surface area contributed by atoms with Gasteiger partial charge in [-0.1, -0.05) is 6.07 Å². The molecule has 6 bridgehead atoms. The highest BCUT2D eigenvalue weighted by Gasteiger charge is 2.21. The monoisotopic (exact) mass is 562 g/mol. The zero-order valence-corrected chi connectivity index (χ0v) is 23.8. The molecule has 3 N–H and O–H groups in total. The van der Waals surface area contributed by atoms with Crippen molar-refractivity contribution in [2.45, 2.75) is 31.7 Å². The Balaban J connectivity index is 1.53. The molecule has 0 saturated heterocycles. The van der Waals surface area contributed by atoms with Crippen LogP contribution >= 0.6 is 0 Å². The number of carbonyl (C=O) groups excluding carboxylic acids is 2. The first-order chi connectivity index (χ1) is 19.9. The van der Waals surface area contributed by atoms with Crippen LogP contribution in [0.1, 0.15) is 30.5 Å². The molecule has 2 amide bonds. The number of benzene rings is 2. The molecule has 1 aromatic heterocycles. The summed E-state index contributed by atoms with van der Waals surface area (Å²) in [7, 11) is 5.60. The molecule has 0 radical (unpaired) electrons. The molecule has 2 aromatic carbocycles. The van der Waals surface area contributed by atoms with E-state index in [-0.39, 0.29) is 31.6 Å². The number of hydrogen-bond donors (Lipinski definition) is 3. The normalized spacial score (nSPS) is 16.2. The Kier molecular flexibility index (Phi) is 10.7. The van der Waals surface area contributed by atoms with Gasteiger partial charge < -0.3 is 35.1 Å². The maximum atomic E-state index is 13.0. The average Bonchev–Trinajstić information content (AvgIpc) is 2.96. The number of fused-ring (bicyclic) bond motifs is 11. The second-order valence-electron chi connectivity index (χ2n) is 10.1. The van der Waals surface area contributed by atoms with Crippen molar-refractivity contribution in [2.24, 2.45) is 0 Å². The SMILES string of the molecule is COc1ccc2cc1OCCNC(=O)C(CCCCN(C)C)NC(=O)COc1ccc(cc1)Nc1cc(ncn1)C2. The molecule has 218 valence electrons. The fourth-order valence-electron chi connectivity index (χ4n) is 4.39. The van der Waals surface area contributed by atoms with Gasteiger partial charge in [0.1, 0.15) is 30.5 Å². The van der Waals surface area contributed by atoms with Gasteiger partial charge in [-0.25, -0.2) is 9.97 Å². The predicted molar refractivity (Wildman–Crippen MR) is 156 cm³/mol. The summed E-state index contributed by atoms with van der Waals surface area (Å²) in [5.41, 5.74) is 2.62. The number of amides is 2. The largest absolute Gasteiger partial charge is 0.493 e. The van der Waals surface area contributed by atoms with Crippen LogP contribution in [0, 0.1) is 0 Å². The van der Waals surface area contributed by atoms with Gasteiger partial charge >= 0.3 is 0 Å². The molecule has 1 atom stereocenters. The highest BCUT2D eigenvalue weighted by molar-refractivity contribution is 5.88. The number of anilines is 2. The van der Waals surface area contributed by atoms with Gasteiger partial charge in [-0.15, -0.1) is 0 Å². The fourth-order valence-corrected chi connectivity index (χ4v) is 4.39. The second-order valence-corrected chi connectivity index (χ2v) is 10.1. The lowest BCUT2D eigenvalue weighted by Crippen LogP contribution is -2.48. The summed E-state index contributed by atoms with van der Waals surface area (Å²) in [5, 5.41) is 9.00. The lowest BCUT2D eigenvalue weighted by Gasteiger charge is -2.20. The van der Waals surface area contributed by atoms with Crippen molar-refractivity contribution in [3.63, 3.8) is 0 Å². The topological polar surface area (TPSA) is 127 Å². The number of nitrogens with zero attached hydrogens (tertiary/aromatic N) is 3. The van der Waals surface area contributed by atoms with Crippen LogP contribution in [0.15, 0.2) is 54.9 Å². The maximum Gasteiger partial charge on any atom is 0.258 e. The zero-order valence-electron chi connectivity index (χ0n) is 23.8. The average molecular weight is 563 g/mol. The minimum absolute atomic E-state index is 0.206. The van der Waals surface area contributed by atoms with Gasteiger partial charge in [0.25, 0.3) is 5.91 Å². The van der Waals surface area contributed by atoms with E-state index < -0.39 is 6.04 Å².